The molecule has 1 aromatic carbocycles. The van der Waals surface area contributed by atoms with Crippen molar-refractivity contribution in [1.82, 2.24) is 4.31 Å². The number of nitrogens with zero attached hydrogens (tertiary/aromatic N) is 1. The van der Waals surface area contributed by atoms with Gasteiger partial charge in [-0.3, -0.25) is 0 Å². The number of benzene rings is 1. The van der Waals surface area contributed by atoms with Crippen LogP contribution in [-0.2, 0) is 14.8 Å². The van der Waals surface area contributed by atoms with Crippen molar-refractivity contribution in [1.29, 1.82) is 0 Å². The van der Waals surface area contributed by atoms with E-state index in [9.17, 15) is 12.8 Å². The fourth-order valence-electron chi connectivity index (χ4n) is 2.23. The van der Waals surface area contributed by atoms with Crippen LogP contribution in [0.2, 0.25) is 0 Å². The first-order chi connectivity index (χ1) is 9.41. The Morgan fingerprint density at radius 1 is 1.50 bits per heavy atom. The molecule has 0 saturated carbocycles. The second-order valence-corrected chi connectivity index (χ2v) is 7.84. The number of ether oxygens (including phenoxy) is 1. The SMILES string of the molecule is CN(CC1CCCOC1)S(=O)(=O)c1ccc(Br)c(F)c1. The summed E-state index contributed by atoms with van der Waals surface area (Å²) < 4.78 is 45.1. The first kappa shape index (κ1) is 15.9. The summed E-state index contributed by atoms with van der Waals surface area (Å²) in [5.41, 5.74) is 0. The fourth-order valence-corrected chi connectivity index (χ4v) is 3.74. The number of rotatable bonds is 4. The van der Waals surface area contributed by atoms with Gasteiger partial charge in [-0.15, -0.1) is 0 Å². The summed E-state index contributed by atoms with van der Waals surface area (Å²) in [7, 11) is -2.14. The highest BCUT2D eigenvalue weighted by Gasteiger charge is 2.25. The van der Waals surface area contributed by atoms with E-state index < -0.39 is 15.8 Å². The average Bonchev–Trinajstić information content (AvgIpc) is 2.42. The molecule has 0 spiro atoms. The molecule has 7 heteroatoms. The summed E-state index contributed by atoms with van der Waals surface area (Å²) in [5, 5.41) is 0. The van der Waals surface area contributed by atoms with Crippen molar-refractivity contribution in [3.05, 3.63) is 28.5 Å². The highest BCUT2D eigenvalue weighted by atomic mass is 79.9. The first-order valence-corrected chi connectivity index (χ1v) is 8.63. The number of halogens is 2. The fraction of sp³-hybridized carbons (Fsp3) is 0.538. The second kappa shape index (κ2) is 6.51. The zero-order valence-corrected chi connectivity index (χ0v) is 13.6. The minimum Gasteiger partial charge on any atom is -0.381 e. The molecule has 0 aromatic heterocycles. The Hall–Kier alpha value is -0.500. The Morgan fingerprint density at radius 2 is 2.25 bits per heavy atom. The van der Waals surface area contributed by atoms with Crippen molar-refractivity contribution < 1.29 is 17.5 Å². The summed E-state index contributed by atoms with van der Waals surface area (Å²) >= 11 is 3.01. The van der Waals surface area contributed by atoms with E-state index in [1.54, 1.807) is 0 Å². The maximum absolute atomic E-state index is 13.5. The summed E-state index contributed by atoms with van der Waals surface area (Å²) in [6.45, 7) is 1.71. The van der Waals surface area contributed by atoms with Gasteiger partial charge in [-0.1, -0.05) is 0 Å². The molecule has 1 aliphatic rings. The van der Waals surface area contributed by atoms with E-state index in [-0.39, 0.29) is 15.3 Å². The zero-order valence-electron chi connectivity index (χ0n) is 11.2. The predicted octanol–water partition coefficient (Wildman–Crippen LogP) is 2.64. The van der Waals surface area contributed by atoms with Crippen LogP contribution in [0.25, 0.3) is 0 Å². The van der Waals surface area contributed by atoms with E-state index in [0.717, 1.165) is 25.5 Å². The molecule has 0 radical (unpaired) electrons. The van der Waals surface area contributed by atoms with Gasteiger partial charge in [-0.2, -0.15) is 0 Å². The van der Waals surface area contributed by atoms with Crippen LogP contribution in [0.3, 0.4) is 0 Å². The lowest BCUT2D eigenvalue weighted by molar-refractivity contribution is 0.0495. The normalized spacial score (nSPS) is 20.3. The molecule has 1 aliphatic heterocycles. The molecule has 1 atom stereocenters. The lowest BCUT2D eigenvalue weighted by atomic mass is 10.0. The monoisotopic (exact) mass is 365 g/mol. The molecular weight excluding hydrogens is 349 g/mol. The smallest absolute Gasteiger partial charge is 0.242 e. The van der Waals surface area contributed by atoms with Crippen LogP contribution in [0, 0.1) is 11.7 Å². The highest BCUT2D eigenvalue weighted by Crippen LogP contribution is 2.23. The van der Waals surface area contributed by atoms with Crippen molar-refractivity contribution >= 4 is 26.0 Å². The Labute approximate surface area is 127 Å². The van der Waals surface area contributed by atoms with E-state index in [1.165, 1.54) is 23.5 Å². The molecule has 1 saturated heterocycles. The standard InChI is InChI=1S/C13H17BrFNO3S/c1-16(8-10-3-2-6-19-9-10)20(17,18)11-4-5-12(14)13(15)7-11/h4-5,7,10H,2-3,6,8-9H2,1H3. The van der Waals surface area contributed by atoms with Crippen LogP contribution < -0.4 is 0 Å². The van der Waals surface area contributed by atoms with Crippen LogP contribution in [-0.4, -0.2) is 39.5 Å². The van der Waals surface area contributed by atoms with Gasteiger partial charge in [0.15, 0.2) is 0 Å². The van der Waals surface area contributed by atoms with Gasteiger partial charge in [0.2, 0.25) is 10.0 Å². The number of sulfonamides is 1. The van der Waals surface area contributed by atoms with E-state index >= 15 is 0 Å². The van der Waals surface area contributed by atoms with Crippen LogP contribution in [0.15, 0.2) is 27.6 Å². The molecule has 2 rings (SSSR count). The van der Waals surface area contributed by atoms with Crippen LogP contribution in [0.5, 0.6) is 0 Å². The Balaban J connectivity index is 2.13. The maximum atomic E-state index is 13.5. The van der Waals surface area contributed by atoms with Gasteiger partial charge in [0.1, 0.15) is 5.82 Å². The van der Waals surface area contributed by atoms with Crippen LogP contribution >= 0.6 is 15.9 Å². The minimum absolute atomic E-state index is 0.0302. The molecule has 0 aliphatic carbocycles. The van der Waals surface area contributed by atoms with Crippen LogP contribution in [0.4, 0.5) is 4.39 Å². The molecule has 20 heavy (non-hydrogen) atoms. The summed E-state index contributed by atoms with van der Waals surface area (Å²) in [5.74, 6) is -0.385. The highest BCUT2D eigenvalue weighted by molar-refractivity contribution is 9.10. The molecule has 1 fully saturated rings. The molecule has 1 unspecified atom stereocenters. The molecular formula is C13H17BrFNO3S. The molecule has 0 N–H and O–H groups in total. The van der Waals surface area contributed by atoms with Gasteiger partial charge < -0.3 is 4.74 Å². The van der Waals surface area contributed by atoms with Gasteiger partial charge in [-0.05, 0) is 52.9 Å². The summed E-state index contributed by atoms with van der Waals surface area (Å²) in [6.07, 6.45) is 1.90. The van der Waals surface area contributed by atoms with Crippen molar-refractivity contribution in [2.45, 2.75) is 17.7 Å². The first-order valence-electron chi connectivity index (χ1n) is 6.40. The lowest BCUT2D eigenvalue weighted by Gasteiger charge is -2.26. The van der Waals surface area contributed by atoms with E-state index in [4.69, 9.17) is 4.74 Å². The Kier molecular flexibility index (Phi) is 5.17. The topological polar surface area (TPSA) is 46.6 Å². The van der Waals surface area contributed by atoms with Crippen molar-refractivity contribution in [3.63, 3.8) is 0 Å². The van der Waals surface area contributed by atoms with E-state index in [1.807, 2.05) is 0 Å². The van der Waals surface area contributed by atoms with Gasteiger partial charge in [0.05, 0.1) is 16.0 Å². The van der Waals surface area contributed by atoms with Gasteiger partial charge in [0, 0.05) is 20.2 Å². The second-order valence-electron chi connectivity index (χ2n) is 4.94. The lowest BCUT2D eigenvalue weighted by Crippen LogP contribution is -2.35. The molecule has 4 nitrogen and oxygen atoms in total. The maximum Gasteiger partial charge on any atom is 0.242 e. The molecule has 1 heterocycles. The summed E-state index contributed by atoms with van der Waals surface area (Å²) in [6, 6.07) is 3.84. The largest absolute Gasteiger partial charge is 0.381 e. The molecule has 0 bridgehead atoms. The molecule has 0 amide bonds. The van der Waals surface area contributed by atoms with E-state index in [2.05, 4.69) is 15.9 Å². The summed E-state index contributed by atoms with van der Waals surface area (Å²) in [4.78, 5) is -0.0302. The van der Waals surface area contributed by atoms with Crippen LogP contribution in [0.1, 0.15) is 12.8 Å². The number of hydrogen-bond donors (Lipinski definition) is 0. The Bertz CT molecular complexity index is 573. The predicted molar refractivity (Wildman–Crippen MR) is 77.5 cm³/mol. The number of hydrogen-bond acceptors (Lipinski definition) is 3. The Morgan fingerprint density at radius 3 is 2.85 bits per heavy atom. The van der Waals surface area contributed by atoms with Gasteiger partial charge >= 0.3 is 0 Å². The molecule has 1 aromatic rings. The molecule has 112 valence electrons. The third kappa shape index (κ3) is 3.58. The minimum atomic E-state index is -3.66. The quantitative estimate of drug-likeness (QED) is 0.823. The third-order valence-corrected chi connectivity index (χ3v) is 5.83. The van der Waals surface area contributed by atoms with Crippen molar-refractivity contribution in [3.8, 4) is 0 Å². The van der Waals surface area contributed by atoms with Gasteiger partial charge in [-0.25, -0.2) is 17.1 Å². The average molecular weight is 366 g/mol. The zero-order chi connectivity index (χ0) is 14.8. The van der Waals surface area contributed by atoms with Crippen molar-refractivity contribution in [2.24, 2.45) is 5.92 Å². The third-order valence-electron chi connectivity index (χ3n) is 3.37. The van der Waals surface area contributed by atoms with Crippen molar-refractivity contribution in [2.75, 3.05) is 26.8 Å². The van der Waals surface area contributed by atoms with E-state index in [0.29, 0.717) is 13.2 Å². The van der Waals surface area contributed by atoms with Gasteiger partial charge in [0.25, 0.3) is 0 Å².